The van der Waals surface area contributed by atoms with Crippen LogP contribution < -0.4 is 21.1 Å². The first-order valence-corrected chi connectivity index (χ1v) is 12.2. The molecule has 0 spiro atoms. The smallest absolute Gasteiger partial charge is 0.207 e. The summed E-state index contributed by atoms with van der Waals surface area (Å²) in [6, 6.07) is 21.4. The quantitative estimate of drug-likeness (QED) is 0.348. The summed E-state index contributed by atoms with van der Waals surface area (Å²) in [6.45, 7) is 21.2. The van der Waals surface area contributed by atoms with Crippen LogP contribution in [0.15, 0.2) is 66.9 Å². The fraction of sp³-hybridized carbons (Fsp3) is 0.452. The summed E-state index contributed by atoms with van der Waals surface area (Å²) >= 11 is 0. The van der Waals surface area contributed by atoms with Gasteiger partial charge in [-0.2, -0.15) is 0 Å². The lowest BCUT2D eigenvalue weighted by atomic mass is 9.34. The third kappa shape index (κ3) is 5.26. The summed E-state index contributed by atoms with van der Waals surface area (Å²) in [5.74, 6) is -1.63. The molecule has 174 valence electrons. The largest absolute Gasteiger partial charge is 0.326 e. The monoisotopic (exact) mass is 442 g/mol. The molecule has 3 aromatic rings. The van der Waals surface area contributed by atoms with Crippen molar-refractivity contribution in [2.24, 2.45) is 0 Å². The third-order valence-corrected chi connectivity index (χ3v) is 6.46. The van der Waals surface area contributed by atoms with Crippen LogP contribution in [0.5, 0.6) is 0 Å². The van der Waals surface area contributed by atoms with E-state index < -0.39 is 11.8 Å². The summed E-state index contributed by atoms with van der Waals surface area (Å²) in [6.07, 6.45) is 2.17. The van der Waals surface area contributed by atoms with E-state index in [2.05, 4.69) is 107 Å². The van der Waals surface area contributed by atoms with Gasteiger partial charge in [0.2, 0.25) is 0 Å². The molecule has 0 aliphatic heterocycles. The maximum atomic E-state index is 9.12. The summed E-state index contributed by atoms with van der Waals surface area (Å²) in [5, 5.41) is 0. The minimum Gasteiger partial charge on any atom is -0.207 e. The second-order valence-corrected chi connectivity index (χ2v) is 11.7. The Labute approximate surface area is 206 Å². The van der Waals surface area contributed by atoms with Gasteiger partial charge in [-0.1, -0.05) is 108 Å². The molecular formula is C31H43BN+. The standard InChI is InChI=1S/C31H43BN/c1-22(2)24-16-15-17-25(23(3)4)29(24)32(27-19-12-11-18-26(27)30(5,6)7)28-20-13-14-21-33(28)31(8,9)10/h11-23H,1-10H3/q+1/i22D,23D. The molecule has 0 unspecified atom stereocenters. The van der Waals surface area contributed by atoms with Crippen molar-refractivity contribution < 1.29 is 7.31 Å². The minimum absolute atomic E-state index is 0.0573. The molecule has 0 N–H and O–H groups in total. The number of pyridine rings is 1. The molecule has 0 saturated carbocycles. The predicted molar refractivity (Wildman–Crippen MR) is 146 cm³/mol. The van der Waals surface area contributed by atoms with E-state index in [0.717, 1.165) is 16.6 Å². The molecule has 0 radical (unpaired) electrons. The highest BCUT2D eigenvalue weighted by Crippen LogP contribution is 2.24. The van der Waals surface area contributed by atoms with Crippen LogP contribution in [0.4, 0.5) is 0 Å². The van der Waals surface area contributed by atoms with Gasteiger partial charge in [0, 0.05) is 29.6 Å². The molecular weight excluding hydrogens is 397 g/mol. The van der Waals surface area contributed by atoms with Crippen LogP contribution in [0.1, 0.15) is 100 Å². The highest BCUT2D eigenvalue weighted by atomic mass is 15.0. The van der Waals surface area contributed by atoms with E-state index in [1.165, 1.54) is 16.6 Å². The van der Waals surface area contributed by atoms with Crippen molar-refractivity contribution in [1.82, 2.24) is 0 Å². The van der Waals surface area contributed by atoms with Crippen molar-refractivity contribution in [2.75, 3.05) is 0 Å². The lowest BCUT2D eigenvalue weighted by Crippen LogP contribution is -2.71. The minimum atomic E-state index is -0.813. The molecule has 0 aliphatic rings. The van der Waals surface area contributed by atoms with Crippen LogP contribution in [-0.4, -0.2) is 6.71 Å². The Morgan fingerprint density at radius 2 is 1.27 bits per heavy atom. The zero-order valence-corrected chi connectivity index (χ0v) is 22.4. The number of nitrogens with zero attached hydrogens (tertiary/aromatic N) is 1. The molecule has 0 saturated heterocycles. The Bertz CT molecular complexity index is 1100. The highest BCUT2D eigenvalue weighted by Gasteiger charge is 2.40. The van der Waals surface area contributed by atoms with Crippen molar-refractivity contribution in [3.63, 3.8) is 0 Å². The molecule has 0 fully saturated rings. The summed E-state index contributed by atoms with van der Waals surface area (Å²) in [4.78, 5) is 0. The van der Waals surface area contributed by atoms with Crippen LogP contribution in [0.3, 0.4) is 0 Å². The van der Waals surface area contributed by atoms with Crippen LogP contribution in [0, 0.1) is 0 Å². The number of benzene rings is 2. The van der Waals surface area contributed by atoms with Crippen molar-refractivity contribution in [2.45, 2.75) is 92.0 Å². The first-order chi connectivity index (χ1) is 15.9. The van der Waals surface area contributed by atoms with Gasteiger partial charge in [-0.3, -0.25) is 0 Å². The lowest BCUT2D eigenvalue weighted by molar-refractivity contribution is -0.738. The fourth-order valence-corrected chi connectivity index (χ4v) is 4.95. The normalized spacial score (nSPS) is 14.0. The molecule has 0 amide bonds. The topological polar surface area (TPSA) is 3.88 Å². The lowest BCUT2D eigenvalue weighted by Gasteiger charge is -2.30. The molecule has 33 heavy (non-hydrogen) atoms. The van der Waals surface area contributed by atoms with Gasteiger partial charge in [-0.25, -0.2) is 4.57 Å². The Morgan fingerprint density at radius 1 is 0.727 bits per heavy atom. The van der Waals surface area contributed by atoms with E-state index in [9.17, 15) is 0 Å². The van der Waals surface area contributed by atoms with Gasteiger partial charge < -0.3 is 0 Å². The van der Waals surface area contributed by atoms with Crippen LogP contribution in [0.2, 0.25) is 0 Å². The van der Waals surface area contributed by atoms with Crippen molar-refractivity contribution >= 4 is 23.2 Å². The average molecular weight is 443 g/mol. The first kappa shape index (κ1) is 22.4. The van der Waals surface area contributed by atoms with E-state index in [1.54, 1.807) is 0 Å². The maximum Gasteiger partial charge on any atom is 0.326 e. The summed E-state index contributed by atoms with van der Waals surface area (Å²) in [5.41, 5.74) is 6.58. The molecule has 2 heteroatoms. The van der Waals surface area contributed by atoms with Crippen LogP contribution in [0.25, 0.3) is 0 Å². The van der Waals surface area contributed by atoms with Crippen molar-refractivity contribution in [3.8, 4) is 0 Å². The molecule has 1 nitrogen and oxygen atoms in total. The van der Waals surface area contributed by atoms with Crippen LogP contribution in [-0.2, 0) is 11.0 Å². The van der Waals surface area contributed by atoms with Gasteiger partial charge in [0.25, 0.3) is 0 Å². The van der Waals surface area contributed by atoms with E-state index >= 15 is 0 Å². The van der Waals surface area contributed by atoms with Gasteiger partial charge in [0.1, 0.15) is 5.59 Å². The van der Waals surface area contributed by atoms with Crippen molar-refractivity contribution in [1.29, 1.82) is 0 Å². The van der Waals surface area contributed by atoms with Crippen LogP contribution >= 0.6 is 0 Å². The number of rotatable bonds is 5. The molecule has 2 aromatic carbocycles. The highest BCUT2D eigenvalue weighted by molar-refractivity contribution is 6.95. The van der Waals surface area contributed by atoms with E-state index in [1.807, 2.05) is 33.8 Å². The molecule has 0 aliphatic carbocycles. The zero-order valence-electron chi connectivity index (χ0n) is 24.4. The van der Waals surface area contributed by atoms with Gasteiger partial charge in [0.15, 0.2) is 11.7 Å². The molecule has 1 aromatic heterocycles. The van der Waals surface area contributed by atoms with Gasteiger partial charge in [-0.05, 0) is 40.0 Å². The molecule has 0 bridgehead atoms. The summed E-state index contributed by atoms with van der Waals surface area (Å²) in [7, 11) is 0. The summed E-state index contributed by atoms with van der Waals surface area (Å²) < 4.78 is 20.6. The third-order valence-electron chi connectivity index (χ3n) is 6.46. The number of hydrogen-bond acceptors (Lipinski definition) is 0. The maximum absolute atomic E-state index is 9.12. The van der Waals surface area contributed by atoms with E-state index in [0.29, 0.717) is 0 Å². The molecule has 3 rings (SSSR count). The Balaban J connectivity index is 2.60. The SMILES string of the molecule is [2H]C(C)(C)c1cccc(C([2H])(C)C)c1B(c1ccccc1C(C)(C)C)c1cccc[n+]1C(C)(C)C. The second kappa shape index (κ2) is 9.49. The zero-order chi connectivity index (χ0) is 26.4. The molecule has 0 atom stereocenters. The predicted octanol–water partition coefficient (Wildman–Crippen LogP) is 5.79. The van der Waals surface area contributed by atoms with E-state index in [-0.39, 0.29) is 17.7 Å². The van der Waals surface area contributed by atoms with Gasteiger partial charge >= 0.3 is 6.71 Å². The fourth-order valence-electron chi connectivity index (χ4n) is 4.95. The average Bonchev–Trinajstić information content (AvgIpc) is 2.72. The Hall–Kier alpha value is -2.35. The van der Waals surface area contributed by atoms with Crippen molar-refractivity contribution in [3.05, 3.63) is 83.6 Å². The number of aromatic nitrogens is 1. The first-order valence-electron chi connectivity index (χ1n) is 13.2. The number of hydrogen-bond donors (Lipinski definition) is 0. The van der Waals surface area contributed by atoms with Gasteiger partial charge in [0.05, 0.1) is 0 Å². The Morgan fingerprint density at radius 3 is 1.79 bits per heavy atom. The Kier molecular flexibility index (Phi) is 6.46. The molecule has 1 heterocycles. The van der Waals surface area contributed by atoms with Gasteiger partial charge in [-0.15, -0.1) is 0 Å². The second-order valence-electron chi connectivity index (χ2n) is 11.7. The van der Waals surface area contributed by atoms with E-state index in [4.69, 9.17) is 2.74 Å².